The van der Waals surface area contributed by atoms with Crippen LogP contribution in [0.4, 0.5) is 10.5 Å². The van der Waals surface area contributed by atoms with Crippen LogP contribution in [0.15, 0.2) is 71.9 Å². The van der Waals surface area contributed by atoms with Gasteiger partial charge in [0.1, 0.15) is 35.5 Å². The first-order valence-electron chi connectivity index (χ1n) is 18.0. The van der Waals surface area contributed by atoms with Crippen molar-refractivity contribution < 1.29 is 14.3 Å². The minimum absolute atomic E-state index is 0.0904. The Morgan fingerprint density at radius 2 is 1.65 bits per heavy atom. The topological polar surface area (TPSA) is 155 Å². The number of hydrogen-bond donors (Lipinski definition) is 5. The second kappa shape index (κ2) is 17.5. The summed E-state index contributed by atoms with van der Waals surface area (Å²) in [4.78, 5) is 22.4. The smallest absolute Gasteiger partial charge is 0.320 e. The number of fused-ring (bicyclic) bond motifs is 1. The van der Waals surface area contributed by atoms with Crippen molar-refractivity contribution >= 4 is 29.2 Å². The van der Waals surface area contributed by atoms with Gasteiger partial charge in [-0.2, -0.15) is 0 Å². The van der Waals surface area contributed by atoms with Crippen molar-refractivity contribution in [3.63, 3.8) is 0 Å². The predicted molar refractivity (Wildman–Crippen MR) is 208 cm³/mol. The molecular formula is C40H57N9O3. The van der Waals surface area contributed by atoms with Gasteiger partial charge in [0.25, 0.3) is 0 Å². The molecule has 0 aliphatic heterocycles. The normalized spacial score (nSPS) is 16.0. The van der Waals surface area contributed by atoms with Crippen LogP contribution in [0.1, 0.15) is 91.0 Å². The summed E-state index contributed by atoms with van der Waals surface area (Å²) in [5, 5.41) is 32.2. The van der Waals surface area contributed by atoms with Gasteiger partial charge in [0.2, 0.25) is 5.96 Å². The number of carbonyl (C=O) groups excluding carboxylic acids is 1. The number of carbonyl (C=O) groups is 1. The number of amidine groups is 1. The van der Waals surface area contributed by atoms with Crippen LogP contribution in [0.2, 0.25) is 0 Å². The minimum Gasteiger partial charge on any atom is -0.492 e. The van der Waals surface area contributed by atoms with Gasteiger partial charge in [0.15, 0.2) is 0 Å². The number of pyridine rings is 1. The molecule has 0 saturated heterocycles. The van der Waals surface area contributed by atoms with Crippen molar-refractivity contribution in [3.05, 3.63) is 83.5 Å². The summed E-state index contributed by atoms with van der Waals surface area (Å²) >= 11 is 0. The van der Waals surface area contributed by atoms with Gasteiger partial charge in [0.05, 0.1) is 17.9 Å². The van der Waals surface area contributed by atoms with E-state index < -0.39 is 11.4 Å². The molecule has 52 heavy (non-hydrogen) atoms. The summed E-state index contributed by atoms with van der Waals surface area (Å²) in [7, 11) is 3.98. The zero-order chi connectivity index (χ0) is 38.2. The molecule has 0 fully saturated rings. The lowest BCUT2D eigenvalue weighted by molar-refractivity contribution is 0.170. The molecule has 1 aliphatic carbocycles. The number of nitrogens with zero attached hydrogens (tertiary/aromatic N) is 4. The van der Waals surface area contributed by atoms with Gasteiger partial charge >= 0.3 is 6.03 Å². The van der Waals surface area contributed by atoms with Gasteiger partial charge in [-0.3, -0.25) is 20.7 Å². The number of urea groups is 1. The SMILES string of the molecule is CC(C)N(C(=N)n1cc(OC2CCC(NC(=O)NC(CC(=N)C(C)(C)C)=Nc3cccc(OCCN(C)C)c3)c3ccccc32)ccc1=N)C(C)C. The number of benzene rings is 2. The van der Waals surface area contributed by atoms with Crippen molar-refractivity contribution in [2.75, 3.05) is 27.2 Å². The van der Waals surface area contributed by atoms with E-state index in [4.69, 9.17) is 30.7 Å². The number of amides is 2. The van der Waals surface area contributed by atoms with E-state index in [0.717, 1.165) is 17.7 Å². The zero-order valence-corrected chi connectivity index (χ0v) is 32.2. The van der Waals surface area contributed by atoms with Crippen molar-refractivity contribution in [1.29, 1.82) is 16.2 Å². The molecule has 2 aromatic carbocycles. The summed E-state index contributed by atoms with van der Waals surface area (Å²) in [6.45, 7) is 15.4. The highest BCUT2D eigenvalue weighted by molar-refractivity contribution is 6.09. The van der Waals surface area contributed by atoms with Gasteiger partial charge in [-0.25, -0.2) is 9.79 Å². The molecule has 0 bridgehead atoms. The molecule has 280 valence electrons. The molecule has 2 amide bonds. The Balaban J connectivity index is 1.52. The van der Waals surface area contributed by atoms with Crippen LogP contribution in [-0.2, 0) is 0 Å². The summed E-state index contributed by atoms with van der Waals surface area (Å²) in [6.07, 6.45) is 2.89. The number of likely N-dealkylation sites (N-methyl/N-ethyl adjacent to an activating group) is 1. The van der Waals surface area contributed by atoms with Crippen LogP contribution < -0.4 is 25.6 Å². The minimum atomic E-state index is -0.400. The Bertz CT molecular complexity index is 1800. The van der Waals surface area contributed by atoms with E-state index in [1.165, 1.54) is 0 Å². The van der Waals surface area contributed by atoms with Gasteiger partial charge in [-0.1, -0.05) is 51.1 Å². The number of aliphatic imine (C=N–C) groups is 1. The van der Waals surface area contributed by atoms with E-state index in [-0.39, 0.29) is 42.1 Å². The van der Waals surface area contributed by atoms with Crippen LogP contribution in [0.3, 0.4) is 0 Å². The maximum absolute atomic E-state index is 13.6. The molecular weight excluding hydrogens is 654 g/mol. The third kappa shape index (κ3) is 10.8. The number of ether oxygens (including phenoxy) is 2. The van der Waals surface area contributed by atoms with Gasteiger partial charge in [0, 0.05) is 36.8 Å². The summed E-state index contributed by atoms with van der Waals surface area (Å²) in [6, 6.07) is 18.3. The standard InChI is InChI=1S/C40H57N9O3/c1-26(2)49(27(3)4)38(43)48-25-30(17-20-36(48)42)52-34-19-18-33(31-15-10-11-16-32(31)34)45-39(50)46-37(24-35(41)40(5,6)7)44-28-13-12-14-29(23-28)51-22-21-47(8)9/h10-17,20,23,25-27,33-34,41-43H,18-19,21-22,24H2,1-9H3,(H2,44,45,46,50). The van der Waals surface area contributed by atoms with E-state index in [0.29, 0.717) is 48.2 Å². The van der Waals surface area contributed by atoms with E-state index in [1.54, 1.807) is 22.9 Å². The molecule has 1 aliphatic rings. The molecule has 1 aromatic heterocycles. The molecule has 1 heterocycles. The Morgan fingerprint density at radius 3 is 2.31 bits per heavy atom. The van der Waals surface area contributed by atoms with Gasteiger partial charge in [-0.15, -0.1) is 0 Å². The Kier molecular flexibility index (Phi) is 13.4. The fourth-order valence-electron chi connectivity index (χ4n) is 6.14. The Morgan fingerprint density at radius 1 is 0.962 bits per heavy atom. The van der Waals surface area contributed by atoms with Crippen molar-refractivity contribution in [2.45, 2.75) is 92.0 Å². The number of rotatable bonds is 12. The quantitative estimate of drug-likeness (QED) is 0.0989. The highest BCUT2D eigenvalue weighted by atomic mass is 16.5. The summed E-state index contributed by atoms with van der Waals surface area (Å²) in [5.74, 6) is 1.84. The molecule has 0 spiro atoms. The molecule has 12 nitrogen and oxygen atoms in total. The third-order valence-electron chi connectivity index (χ3n) is 8.92. The second-order valence-corrected chi connectivity index (χ2v) is 15.1. The summed E-state index contributed by atoms with van der Waals surface area (Å²) < 4.78 is 14.0. The fraction of sp³-hybridized carbons (Fsp3) is 0.475. The lowest BCUT2D eigenvalue weighted by Gasteiger charge is -2.34. The van der Waals surface area contributed by atoms with E-state index in [1.807, 2.05) is 121 Å². The van der Waals surface area contributed by atoms with Crippen LogP contribution in [0, 0.1) is 21.6 Å². The average Bonchev–Trinajstić information content (AvgIpc) is 3.06. The number of hydrogen-bond acceptors (Lipinski definition) is 8. The molecule has 5 N–H and O–H groups in total. The van der Waals surface area contributed by atoms with Gasteiger partial charge in [-0.05, 0) is 95.4 Å². The Labute approximate surface area is 308 Å². The highest BCUT2D eigenvalue weighted by Gasteiger charge is 2.30. The molecule has 0 saturated carbocycles. The monoisotopic (exact) mass is 711 g/mol. The first-order chi connectivity index (χ1) is 24.5. The van der Waals surface area contributed by atoms with Crippen molar-refractivity contribution in [3.8, 4) is 11.5 Å². The first-order valence-corrected chi connectivity index (χ1v) is 18.0. The van der Waals surface area contributed by atoms with Crippen LogP contribution in [-0.4, -0.2) is 77.2 Å². The maximum Gasteiger partial charge on any atom is 0.320 e. The fourth-order valence-corrected chi connectivity index (χ4v) is 6.14. The Hall–Kier alpha value is -4.97. The van der Waals surface area contributed by atoms with E-state index in [9.17, 15) is 4.79 Å². The zero-order valence-electron chi connectivity index (χ0n) is 32.2. The van der Waals surface area contributed by atoms with E-state index in [2.05, 4.69) is 10.6 Å². The number of nitrogens with one attached hydrogen (secondary N) is 5. The molecule has 0 radical (unpaired) electrons. The van der Waals surface area contributed by atoms with Crippen LogP contribution in [0.25, 0.3) is 0 Å². The highest BCUT2D eigenvalue weighted by Crippen LogP contribution is 2.38. The van der Waals surface area contributed by atoms with Gasteiger partial charge < -0.3 is 30.0 Å². The van der Waals surface area contributed by atoms with Crippen LogP contribution >= 0.6 is 0 Å². The molecule has 3 aromatic rings. The largest absolute Gasteiger partial charge is 0.492 e. The van der Waals surface area contributed by atoms with Crippen LogP contribution in [0.5, 0.6) is 11.5 Å². The average molecular weight is 712 g/mol. The lowest BCUT2D eigenvalue weighted by Crippen LogP contribution is -2.47. The third-order valence-corrected chi connectivity index (χ3v) is 8.92. The number of aromatic nitrogens is 1. The lowest BCUT2D eigenvalue weighted by atomic mass is 9.85. The molecule has 2 unspecified atom stereocenters. The molecule has 2 atom stereocenters. The maximum atomic E-state index is 13.6. The summed E-state index contributed by atoms with van der Waals surface area (Å²) in [5.41, 5.74) is 2.81. The van der Waals surface area contributed by atoms with Crippen molar-refractivity contribution in [2.24, 2.45) is 10.4 Å². The molecule has 12 heteroatoms. The second-order valence-electron chi connectivity index (χ2n) is 15.1. The predicted octanol–water partition coefficient (Wildman–Crippen LogP) is 7.25. The molecule has 4 rings (SSSR count). The first kappa shape index (κ1) is 39.8. The van der Waals surface area contributed by atoms with Crippen molar-refractivity contribution in [1.82, 2.24) is 25.0 Å². The van der Waals surface area contributed by atoms with E-state index >= 15 is 0 Å².